The fraction of sp³-hybridized carbons (Fsp3) is 0. The van der Waals surface area contributed by atoms with Crippen LogP contribution in [0.5, 0.6) is 5.75 Å². The van der Waals surface area contributed by atoms with E-state index in [1.165, 1.54) is 28.7 Å². The standard InChI is InChI=1S/C27H12Cl3NO4S2/c28-14-9-10-16-20(12-14)37-24(22(16)30)27(33)34-18-7-3-1-5-13(18)11-17-26(32)35-25(31-17)23-21(29)15-6-2-4-8-19(15)36-23/h1-12H/b17-11+. The highest BCUT2D eigenvalue weighted by atomic mass is 35.5. The molecule has 0 aliphatic carbocycles. The van der Waals surface area contributed by atoms with E-state index in [1.54, 1.807) is 42.5 Å². The highest BCUT2D eigenvalue weighted by Gasteiger charge is 2.28. The van der Waals surface area contributed by atoms with Crippen LogP contribution < -0.4 is 4.74 Å². The van der Waals surface area contributed by atoms with E-state index in [0.717, 1.165) is 14.8 Å². The molecule has 0 unspecified atom stereocenters. The van der Waals surface area contributed by atoms with Gasteiger partial charge in [0.2, 0.25) is 5.90 Å². The van der Waals surface area contributed by atoms with Crippen molar-refractivity contribution in [1.29, 1.82) is 0 Å². The predicted molar refractivity (Wildman–Crippen MR) is 151 cm³/mol. The first kappa shape index (κ1) is 24.2. The zero-order valence-electron chi connectivity index (χ0n) is 18.5. The van der Waals surface area contributed by atoms with E-state index in [-0.39, 0.29) is 22.2 Å². The van der Waals surface area contributed by atoms with E-state index in [1.807, 2.05) is 24.3 Å². The SMILES string of the molecule is O=C1OC(c2sc3ccccc3c2Cl)=N/C1=C/c1ccccc1OC(=O)c1sc2cc(Cl)ccc2c1Cl. The number of aliphatic imine (C=N–C) groups is 1. The second kappa shape index (κ2) is 9.59. The van der Waals surface area contributed by atoms with Crippen LogP contribution in [0.25, 0.3) is 26.2 Å². The number of nitrogens with zero attached hydrogens (tertiary/aromatic N) is 1. The Bertz CT molecular complexity index is 1820. The second-order valence-electron chi connectivity index (χ2n) is 7.89. The van der Waals surface area contributed by atoms with E-state index in [4.69, 9.17) is 44.3 Å². The molecule has 0 amide bonds. The van der Waals surface area contributed by atoms with Crippen molar-refractivity contribution in [3.63, 3.8) is 0 Å². The Balaban J connectivity index is 1.32. The third-order valence-corrected chi connectivity index (χ3v) is 9.08. The predicted octanol–water partition coefficient (Wildman–Crippen LogP) is 8.64. The van der Waals surface area contributed by atoms with Crippen LogP contribution in [0.4, 0.5) is 0 Å². The zero-order valence-corrected chi connectivity index (χ0v) is 22.4. The van der Waals surface area contributed by atoms with E-state index in [9.17, 15) is 9.59 Å². The molecule has 0 atom stereocenters. The normalized spacial score (nSPS) is 14.4. The summed E-state index contributed by atoms with van der Waals surface area (Å²) in [7, 11) is 0. The molecule has 3 heterocycles. The van der Waals surface area contributed by atoms with Gasteiger partial charge in [0, 0.05) is 30.8 Å². The lowest BCUT2D eigenvalue weighted by atomic mass is 10.1. The van der Waals surface area contributed by atoms with Crippen molar-refractivity contribution in [2.24, 2.45) is 4.99 Å². The molecule has 2 aromatic heterocycles. The summed E-state index contributed by atoms with van der Waals surface area (Å²) in [5.74, 6) is -0.881. The largest absolute Gasteiger partial charge is 0.422 e. The maximum Gasteiger partial charge on any atom is 0.363 e. The quantitative estimate of drug-likeness (QED) is 0.120. The minimum atomic E-state index is -0.630. The molecule has 182 valence electrons. The Labute approximate surface area is 233 Å². The molecule has 0 fully saturated rings. The lowest BCUT2D eigenvalue weighted by Gasteiger charge is -2.07. The molecule has 0 radical (unpaired) electrons. The van der Waals surface area contributed by atoms with Gasteiger partial charge in [0.1, 0.15) is 15.5 Å². The Morgan fingerprint density at radius 2 is 1.65 bits per heavy atom. The molecule has 0 spiro atoms. The summed E-state index contributed by atoms with van der Waals surface area (Å²) in [5, 5.41) is 2.90. The van der Waals surface area contributed by atoms with E-state index in [0.29, 0.717) is 30.9 Å². The van der Waals surface area contributed by atoms with Gasteiger partial charge in [-0.15, -0.1) is 22.7 Å². The molecule has 1 aliphatic rings. The van der Waals surface area contributed by atoms with Crippen LogP contribution in [-0.2, 0) is 9.53 Å². The molecular formula is C27H12Cl3NO4S2. The van der Waals surface area contributed by atoms with Crippen molar-refractivity contribution in [2.75, 3.05) is 0 Å². The van der Waals surface area contributed by atoms with Crippen molar-refractivity contribution in [1.82, 2.24) is 0 Å². The Kier molecular flexibility index (Phi) is 6.26. The molecule has 5 nitrogen and oxygen atoms in total. The highest BCUT2D eigenvalue weighted by Crippen LogP contribution is 2.39. The zero-order chi connectivity index (χ0) is 25.7. The van der Waals surface area contributed by atoms with Crippen LogP contribution in [0.3, 0.4) is 0 Å². The maximum absolute atomic E-state index is 13.0. The number of carbonyl (C=O) groups is 2. The summed E-state index contributed by atoms with van der Waals surface area (Å²) in [5.41, 5.74) is 0.525. The monoisotopic (exact) mass is 583 g/mol. The fourth-order valence-corrected chi connectivity index (χ4v) is 6.91. The van der Waals surface area contributed by atoms with Gasteiger partial charge in [0.25, 0.3) is 0 Å². The molecule has 1 aliphatic heterocycles. The number of ether oxygens (including phenoxy) is 2. The summed E-state index contributed by atoms with van der Waals surface area (Å²) >= 11 is 21.6. The van der Waals surface area contributed by atoms with Gasteiger partial charge < -0.3 is 9.47 Å². The van der Waals surface area contributed by atoms with Crippen molar-refractivity contribution >= 4 is 102 Å². The first-order valence-corrected chi connectivity index (χ1v) is 13.5. The highest BCUT2D eigenvalue weighted by molar-refractivity contribution is 7.22. The Hall–Kier alpha value is -3.20. The van der Waals surface area contributed by atoms with Gasteiger partial charge in [0.15, 0.2) is 5.70 Å². The van der Waals surface area contributed by atoms with Crippen LogP contribution in [0.1, 0.15) is 20.1 Å². The third kappa shape index (κ3) is 4.43. The summed E-state index contributed by atoms with van der Waals surface area (Å²) in [4.78, 5) is 30.9. The van der Waals surface area contributed by atoms with Gasteiger partial charge in [-0.2, -0.15) is 0 Å². The van der Waals surface area contributed by atoms with E-state index < -0.39 is 11.9 Å². The topological polar surface area (TPSA) is 65.0 Å². The first-order valence-electron chi connectivity index (χ1n) is 10.8. The lowest BCUT2D eigenvalue weighted by Crippen LogP contribution is -2.08. The van der Waals surface area contributed by atoms with Gasteiger partial charge in [-0.1, -0.05) is 77.3 Å². The number of rotatable bonds is 4. The molecule has 3 aromatic carbocycles. The molecule has 10 heteroatoms. The Morgan fingerprint density at radius 3 is 2.49 bits per heavy atom. The molecule has 6 rings (SSSR count). The van der Waals surface area contributed by atoms with Crippen LogP contribution in [0, 0.1) is 0 Å². The molecule has 37 heavy (non-hydrogen) atoms. The number of hydrogen-bond donors (Lipinski definition) is 0. The van der Waals surface area contributed by atoms with Gasteiger partial charge >= 0.3 is 11.9 Å². The number of para-hydroxylation sites is 1. The summed E-state index contributed by atoms with van der Waals surface area (Å²) in [6.07, 6.45) is 1.51. The average Bonchev–Trinajstić information content (AvgIpc) is 3.53. The summed E-state index contributed by atoms with van der Waals surface area (Å²) in [6, 6.07) is 19.6. The second-order valence-corrected chi connectivity index (χ2v) is 11.2. The van der Waals surface area contributed by atoms with Crippen molar-refractivity contribution in [3.05, 3.63) is 103 Å². The van der Waals surface area contributed by atoms with Gasteiger partial charge in [-0.25, -0.2) is 14.6 Å². The number of esters is 2. The molecule has 0 saturated heterocycles. The number of fused-ring (bicyclic) bond motifs is 2. The summed E-state index contributed by atoms with van der Waals surface area (Å²) in [6.45, 7) is 0. The summed E-state index contributed by atoms with van der Waals surface area (Å²) < 4.78 is 12.8. The number of cyclic esters (lactones) is 1. The minimum absolute atomic E-state index is 0.0570. The van der Waals surface area contributed by atoms with Crippen molar-refractivity contribution in [2.45, 2.75) is 0 Å². The van der Waals surface area contributed by atoms with Gasteiger partial charge in [-0.3, -0.25) is 0 Å². The van der Waals surface area contributed by atoms with Crippen LogP contribution in [-0.4, -0.2) is 17.8 Å². The minimum Gasteiger partial charge on any atom is -0.422 e. The van der Waals surface area contributed by atoms with Crippen molar-refractivity contribution in [3.8, 4) is 5.75 Å². The number of halogens is 3. The Morgan fingerprint density at radius 1 is 0.892 bits per heavy atom. The number of thiophene rings is 2. The van der Waals surface area contributed by atoms with Crippen LogP contribution >= 0.6 is 57.5 Å². The van der Waals surface area contributed by atoms with E-state index >= 15 is 0 Å². The number of hydrogen-bond acceptors (Lipinski definition) is 7. The van der Waals surface area contributed by atoms with Gasteiger partial charge in [0.05, 0.1) is 10.0 Å². The van der Waals surface area contributed by atoms with E-state index in [2.05, 4.69) is 4.99 Å². The van der Waals surface area contributed by atoms with Crippen LogP contribution in [0.15, 0.2) is 77.4 Å². The average molecular weight is 585 g/mol. The van der Waals surface area contributed by atoms with Crippen LogP contribution in [0.2, 0.25) is 15.1 Å². The molecule has 0 bridgehead atoms. The molecule has 0 N–H and O–H groups in total. The molecular weight excluding hydrogens is 573 g/mol. The number of benzene rings is 3. The molecule has 5 aromatic rings. The maximum atomic E-state index is 13.0. The van der Waals surface area contributed by atoms with Gasteiger partial charge in [-0.05, 0) is 30.3 Å². The smallest absolute Gasteiger partial charge is 0.363 e. The van der Waals surface area contributed by atoms with Crippen molar-refractivity contribution < 1.29 is 19.1 Å². The number of carbonyl (C=O) groups excluding carboxylic acids is 2. The molecule has 0 saturated carbocycles. The first-order chi connectivity index (χ1) is 17.9. The fourth-order valence-electron chi connectivity index (χ4n) is 3.81. The lowest BCUT2D eigenvalue weighted by molar-refractivity contribution is -0.129. The third-order valence-electron chi connectivity index (χ3n) is 5.54.